The van der Waals surface area contributed by atoms with Crippen LogP contribution in [0.1, 0.15) is 15.9 Å². The van der Waals surface area contributed by atoms with Gasteiger partial charge in [-0.05, 0) is 18.6 Å². The van der Waals surface area contributed by atoms with Gasteiger partial charge in [-0.25, -0.2) is 9.36 Å². The van der Waals surface area contributed by atoms with Crippen LogP contribution < -0.4 is 5.69 Å². The van der Waals surface area contributed by atoms with Crippen LogP contribution in [0.3, 0.4) is 0 Å². The van der Waals surface area contributed by atoms with Crippen LogP contribution in [0.25, 0.3) is 11.3 Å². The molecule has 0 atom stereocenters. The first-order valence-corrected chi connectivity index (χ1v) is 8.10. The zero-order valence-corrected chi connectivity index (χ0v) is 14.3. The first-order chi connectivity index (χ1) is 12.1. The van der Waals surface area contributed by atoms with Crippen LogP contribution in [0, 0.1) is 6.92 Å². The van der Waals surface area contributed by atoms with Crippen molar-refractivity contribution in [2.75, 3.05) is 13.7 Å². The van der Waals surface area contributed by atoms with Gasteiger partial charge in [0.15, 0.2) is 0 Å². The third-order valence-corrected chi connectivity index (χ3v) is 4.14. The molecule has 0 aliphatic rings. The number of hydrogen-bond acceptors (Lipinski definition) is 3. The van der Waals surface area contributed by atoms with Gasteiger partial charge < -0.3 is 4.74 Å². The lowest BCUT2D eigenvalue weighted by molar-refractivity contribution is 0.0956. The van der Waals surface area contributed by atoms with Gasteiger partial charge in [-0.1, -0.05) is 48.5 Å². The smallest absolute Gasteiger partial charge is 0.335 e. The second-order valence-electron chi connectivity index (χ2n) is 5.80. The van der Waals surface area contributed by atoms with Crippen LogP contribution in [-0.2, 0) is 11.3 Å². The van der Waals surface area contributed by atoms with Crippen LogP contribution in [-0.4, -0.2) is 28.8 Å². The predicted molar refractivity (Wildman–Crippen MR) is 96.9 cm³/mol. The van der Waals surface area contributed by atoms with Crippen molar-refractivity contribution < 1.29 is 9.53 Å². The molecule has 0 saturated carbocycles. The molecule has 3 aromatic rings. The van der Waals surface area contributed by atoms with Gasteiger partial charge in [0.2, 0.25) is 0 Å². The van der Waals surface area contributed by atoms with Gasteiger partial charge in [0.1, 0.15) is 0 Å². The lowest BCUT2D eigenvalue weighted by Gasteiger charge is -2.08. The molecular weight excluding hydrogens is 316 g/mol. The minimum absolute atomic E-state index is 0.321. The van der Waals surface area contributed by atoms with Crippen LogP contribution in [0.2, 0.25) is 0 Å². The van der Waals surface area contributed by atoms with Crippen molar-refractivity contribution in [1.82, 2.24) is 9.13 Å². The largest absolute Gasteiger partial charge is 0.383 e. The Morgan fingerprint density at radius 2 is 1.72 bits per heavy atom. The maximum Gasteiger partial charge on any atom is 0.335 e. The van der Waals surface area contributed by atoms with Crippen LogP contribution in [0.15, 0.2) is 65.6 Å². The summed E-state index contributed by atoms with van der Waals surface area (Å²) in [7, 11) is 1.58. The SMILES string of the molecule is COCCn1cc(-c2ccccc2)n(C(=O)c2ccccc2C)c1=O. The van der Waals surface area contributed by atoms with Crippen molar-refractivity contribution >= 4 is 5.91 Å². The van der Waals surface area contributed by atoms with Gasteiger partial charge in [-0.15, -0.1) is 0 Å². The second-order valence-corrected chi connectivity index (χ2v) is 5.80. The van der Waals surface area contributed by atoms with Crippen molar-refractivity contribution in [3.63, 3.8) is 0 Å². The summed E-state index contributed by atoms with van der Waals surface area (Å²) in [5, 5.41) is 0. The molecule has 0 bridgehead atoms. The molecule has 0 aliphatic carbocycles. The Morgan fingerprint density at radius 1 is 1.04 bits per heavy atom. The summed E-state index contributed by atoms with van der Waals surface area (Å²) in [5.74, 6) is -0.321. The maximum atomic E-state index is 13.1. The highest BCUT2D eigenvalue weighted by Crippen LogP contribution is 2.20. The molecule has 0 aliphatic heterocycles. The fraction of sp³-hybridized carbons (Fsp3) is 0.200. The lowest BCUT2D eigenvalue weighted by atomic mass is 10.1. The first kappa shape index (κ1) is 16.9. The zero-order valence-electron chi connectivity index (χ0n) is 14.3. The number of rotatable bonds is 5. The van der Waals surface area contributed by atoms with Crippen LogP contribution in [0.4, 0.5) is 0 Å². The molecule has 0 radical (unpaired) electrons. The van der Waals surface area contributed by atoms with Gasteiger partial charge in [0.25, 0.3) is 5.91 Å². The Labute approximate surface area is 146 Å². The van der Waals surface area contributed by atoms with E-state index in [1.54, 1.807) is 25.4 Å². The highest BCUT2D eigenvalue weighted by Gasteiger charge is 2.21. The predicted octanol–water partition coefficient (Wildman–Crippen LogP) is 2.96. The molecule has 0 amide bonds. The quantitative estimate of drug-likeness (QED) is 0.720. The Kier molecular flexibility index (Phi) is 4.95. The Hall–Kier alpha value is -2.92. The molecule has 128 valence electrons. The van der Waals surface area contributed by atoms with Gasteiger partial charge in [-0.2, -0.15) is 0 Å². The fourth-order valence-electron chi connectivity index (χ4n) is 2.78. The number of ether oxygens (including phenoxy) is 1. The molecule has 5 nitrogen and oxygen atoms in total. The Morgan fingerprint density at radius 3 is 2.40 bits per heavy atom. The van der Waals surface area contributed by atoms with E-state index in [9.17, 15) is 9.59 Å². The fourth-order valence-corrected chi connectivity index (χ4v) is 2.78. The number of hydrogen-bond donors (Lipinski definition) is 0. The summed E-state index contributed by atoms with van der Waals surface area (Å²) in [5.41, 5.74) is 2.39. The topological polar surface area (TPSA) is 53.2 Å². The maximum absolute atomic E-state index is 13.1. The van der Waals surface area contributed by atoms with E-state index in [1.807, 2.05) is 49.4 Å². The highest BCUT2D eigenvalue weighted by molar-refractivity contribution is 5.99. The molecule has 0 fully saturated rings. The number of nitrogens with zero attached hydrogens (tertiary/aromatic N) is 2. The molecule has 5 heteroatoms. The van der Waals surface area contributed by atoms with Gasteiger partial charge >= 0.3 is 5.69 Å². The average molecular weight is 336 g/mol. The van der Waals surface area contributed by atoms with Crippen molar-refractivity contribution in [2.24, 2.45) is 0 Å². The van der Waals surface area contributed by atoms with Crippen LogP contribution >= 0.6 is 0 Å². The van der Waals surface area contributed by atoms with Crippen LogP contribution in [0.5, 0.6) is 0 Å². The van der Waals surface area contributed by atoms with Gasteiger partial charge in [0.05, 0.1) is 18.8 Å². The number of benzene rings is 2. The van der Waals surface area contributed by atoms with E-state index in [-0.39, 0.29) is 11.6 Å². The van der Waals surface area contributed by atoms with Crippen molar-refractivity contribution in [3.8, 4) is 11.3 Å². The summed E-state index contributed by atoms with van der Waals surface area (Å²) in [4.78, 5) is 25.9. The molecule has 1 aromatic heterocycles. The third kappa shape index (κ3) is 3.32. The van der Waals surface area contributed by atoms with E-state index in [4.69, 9.17) is 4.74 Å². The second kappa shape index (κ2) is 7.32. The van der Waals surface area contributed by atoms with E-state index >= 15 is 0 Å². The summed E-state index contributed by atoms with van der Waals surface area (Å²) in [6.45, 7) is 2.66. The Bertz CT molecular complexity index is 939. The van der Waals surface area contributed by atoms with Crippen molar-refractivity contribution in [1.29, 1.82) is 0 Å². The average Bonchev–Trinajstić information content (AvgIpc) is 2.97. The summed E-state index contributed by atoms with van der Waals surface area (Å²) >= 11 is 0. The van der Waals surface area contributed by atoms with E-state index < -0.39 is 0 Å². The number of aromatic nitrogens is 2. The minimum Gasteiger partial charge on any atom is -0.383 e. The van der Waals surface area contributed by atoms with E-state index in [2.05, 4.69) is 0 Å². The summed E-state index contributed by atoms with van der Waals surface area (Å²) < 4.78 is 7.83. The number of methoxy groups -OCH3 is 1. The van der Waals surface area contributed by atoms with E-state index in [1.165, 1.54) is 9.13 Å². The molecule has 2 aromatic carbocycles. The van der Waals surface area contributed by atoms with Gasteiger partial charge in [-0.3, -0.25) is 9.36 Å². The van der Waals surface area contributed by atoms with Crippen molar-refractivity contribution in [3.05, 3.63) is 82.4 Å². The van der Waals surface area contributed by atoms with Crippen molar-refractivity contribution in [2.45, 2.75) is 13.5 Å². The van der Waals surface area contributed by atoms with E-state index in [0.717, 1.165) is 11.1 Å². The zero-order chi connectivity index (χ0) is 17.8. The molecule has 1 heterocycles. The summed E-state index contributed by atoms with van der Waals surface area (Å²) in [6, 6.07) is 16.7. The van der Waals surface area contributed by atoms with E-state index in [0.29, 0.717) is 24.4 Å². The number of carbonyl (C=O) groups is 1. The number of aryl methyl sites for hydroxylation is 1. The standard InChI is InChI=1S/C20H20N2O3/c1-15-8-6-7-11-17(15)19(23)22-18(16-9-4-3-5-10-16)14-21(20(22)24)12-13-25-2/h3-11,14H,12-13H2,1-2H3. The molecule has 3 rings (SSSR count). The molecular formula is C20H20N2O3. The molecule has 0 saturated heterocycles. The molecule has 25 heavy (non-hydrogen) atoms. The third-order valence-electron chi connectivity index (χ3n) is 4.14. The lowest BCUT2D eigenvalue weighted by Crippen LogP contribution is -2.31. The molecule has 0 spiro atoms. The number of imidazole rings is 1. The number of carbonyl (C=O) groups excluding carboxylic acids is 1. The van der Waals surface area contributed by atoms with Gasteiger partial charge in [0, 0.05) is 24.4 Å². The normalized spacial score (nSPS) is 10.8. The highest BCUT2D eigenvalue weighted by atomic mass is 16.5. The summed E-state index contributed by atoms with van der Waals surface area (Å²) in [6.07, 6.45) is 1.72. The Balaban J connectivity index is 2.17. The monoisotopic (exact) mass is 336 g/mol. The first-order valence-electron chi connectivity index (χ1n) is 8.10. The molecule has 0 unspecified atom stereocenters. The molecule has 0 N–H and O–H groups in total. The minimum atomic E-state index is -0.357.